The van der Waals surface area contributed by atoms with E-state index in [9.17, 15) is 19.0 Å². The standard InChI is InChI=1S/C28H41FN9O10P/c1-13(2)44-10-17-15(20(29)26(46-17)37-7-6-18(30)36-28(37)40)8-19(39)32-9-16-22(48-49(41,42)47-14(3)4)23(43-5)27(45-16)38-12-35-21-24(31)33-11-34-25(21)38/h6-7,11-17,20,22-23,26-27H,8-10H2,1-5H3,(H,32,39)(H,41,42)(H2,30,36,40)(H2,31,33,34)/t15-,16-,17-,20-,22-,23-,26-,27-/m1/s1. The van der Waals surface area contributed by atoms with Gasteiger partial charge in [-0.15, -0.1) is 0 Å². The number of nitrogen functional groups attached to an aromatic ring is 2. The first-order chi connectivity index (χ1) is 23.2. The maximum atomic E-state index is 16.0. The van der Waals surface area contributed by atoms with Crippen LogP contribution in [-0.4, -0.2) is 103 Å². The van der Waals surface area contributed by atoms with Crippen molar-refractivity contribution in [1.29, 1.82) is 0 Å². The van der Waals surface area contributed by atoms with Crippen LogP contribution in [0.25, 0.3) is 11.2 Å². The molecule has 1 amide bonds. The van der Waals surface area contributed by atoms with Gasteiger partial charge in [-0.05, 0) is 33.8 Å². The first-order valence-electron chi connectivity index (χ1n) is 15.5. The number of hydrogen-bond donors (Lipinski definition) is 4. The fourth-order valence-electron chi connectivity index (χ4n) is 5.78. The third-order valence-electron chi connectivity index (χ3n) is 7.93. The Morgan fingerprint density at radius 3 is 2.51 bits per heavy atom. The summed E-state index contributed by atoms with van der Waals surface area (Å²) in [5, 5.41) is 2.70. The van der Waals surface area contributed by atoms with Crippen molar-refractivity contribution in [2.75, 3.05) is 31.7 Å². The number of rotatable bonds is 14. The molecule has 0 saturated carbocycles. The summed E-state index contributed by atoms with van der Waals surface area (Å²) in [4.78, 5) is 52.4. The van der Waals surface area contributed by atoms with E-state index in [2.05, 4.69) is 25.3 Å². The largest absolute Gasteiger partial charge is 0.472 e. The number of carbonyl (C=O) groups excluding carboxylic acids is 1. The number of nitrogens with zero attached hydrogens (tertiary/aromatic N) is 6. The molecule has 1 unspecified atom stereocenters. The molecule has 0 radical (unpaired) electrons. The zero-order chi connectivity index (χ0) is 35.6. The normalized spacial score (nSPS) is 28.4. The number of hydrogen-bond acceptors (Lipinski definition) is 15. The summed E-state index contributed by atoms with van der Waals surface area (Å²) >= 11 is 0. The minimum Gasteiger partial charge on any atom is -0.383 e. The Kier molecular flexibility index (Phi) is 11.3. The lowest BCUT2D eigenvalue weighted by Crippen LogP contribution is -2.43. The van der Waals surface area contributed by atoms with Gasteiger partial charge in [0, 0.05) is 32.2 Å². The van der Waals surface area contributed by atoms with Crippen molar-refractivity contribution in [3.8, 4) is 0 Å². The number of aromatic nitrogens is 6. The zero-order valence-corrected chi connectivity index (χ0v) is 28.4. The Hall–Kier alpha value is -3.62. The molecule has 2 fully saturated rings. The molecule has 2 saturated heterocycles. The highest BCUT2D eigenvalue weighted by molar-refractivity contribution is 7.47. The predicted molar refractivity (Wildman–Crippen MR) is 169 cm³/mol. The maximum absolute atomic E-state index is 16.0. The van der Waals surface area contributed by atoms with E-state index in [4.69, 9.17) is 39.5 Å². The molecule has 3 aromatic heterocycles. The average molecular weight is 714 g/mol. The Morgan fingerprint density at radius 1 is 1.10 bits per heavy atom. The van der Waals surface area contributed by atoms with E-state index in [1.54, 1.807) is 27.7 Å². The van der Waals surface area contributed by atoms with Gasteiger partial charge in [0.25, 0.3) is 0 Å². The molecule has 2 aliphatic rings. The SMILES string of the molecule is CO[C@@H]1[C@H](OP(=O)(O)OC(C)C)[C@@H](CNC(=O)C[C@H]2[C@@H](F)[C@H](n3ccc(N)nc3=O)O[C@@H]2COC(C)C)O[C@H]1n1cnc2c(N)ncnc21. The molecule has 21 heteroatoms. The van der Waals surface area contributed by atoms with Gasteiger partial charge in [0.1, 0.15) is 36.0 Å². The molecule has 49 heavy (non-hydrogen) atoms. The van der Waals surface area contributed by atoms with Crippen molar-refractivity contribution in [1.82, 2.24) is 34.4 Å². The number of halogens is 1. The number of nitrogens with one attached hydrogen (secondary N) is 1. The van der Waals surface area contributed by atoms with Crippen molar-refractivity contribution in [2.45, 2.75) is 89.4 Å². The second-order valence-corrected chi connectivity index (χ2v) is 13.5. The average Bonchev–Trinajstić information content (AvgIpc) is 3.68. The summed E-state index contributed by atoms with van der Waals surface area (Å²) < 4.78 is 65.6. The number of imidazole rings is 1. The Bertz CT molecular complexity index is 1730. The van der Waals surface area contributed by atoms with Crippen LogP contribution in [0.5, 0.6) is 0 Å². The lowest BCUT2D eigenvalue weighted by atomic mass is 9.95. The van der Waals surface area contributed by atoms with Crippen LogP contribution in [0, 0.1) is 5.92 Å². The summed E-state index contributed by atoms with van der Waals surface area (Å²) in [5.41, 5.74) is 11.3. The lowest BCUT2D eigenvalue weighted by Gasteiger charge is -2.26. The topological polar surface area (TPSA) is 252 Å². The quantitative estimate of drug-likeness (QED) is 0.169. The number of alkyl halides is 1. The third-order valence-corrected chi connectivity index (χ3v) is 9.13. The molecular weight excluding hydrogens is 672 g/mol. The summed E-state index contributed by atoms with van der Waals surface area (Å²) in [6.45, 7) is 6.40. The van der Waals surface area contributed by atoms with Gasteiger partial charge in [0.2, 0.25) is 5.91 Å². The summed E-state index contributed by atoms with van der Waals surface area (Å²) in [6, 6.07) is 1.34. The number of phosphoric ester groups is 1. The molecule has 5 rings (SSSR count). The van der Waals surface area contributed by atoms with Crippen LogP contribution in [0.4, 0.5) is 16.0 Å². The Balaban J connectivity index is 1.35. The van der Waals surface area contributed by atoms with E-state index in [1.807, 2.05) is 0 Å². The number of ether oxygens (including phenoxy) is 4. The predicted octanol–water partition coefficient (Wildman–Crippen LogP) is 0.854. The lowest BCUT2D eigenvalue weighted by molar-refractivity contribution is -0.124. The summed E-state index contributed by atoms with van der Waals surface area (Å²) in [5.74, 6) is -1.54. The van der Waals surface area contributed by atoms with Crippen LogP contribution < -0.4 is 22.5 Å². The molecule has 0 bridgehead atoms. The van der Waals surface area contributed by atoms with Crippen molar-refractivity contribution >= 4 is 36.5 Å². The summed E-state index contributed by atoms with van der Waals surface area (Å²) in [6.07, 6.45) is -5.79. The maximum Gasteiger partial charge on any atom is 0.472 e. The van der Waals surface area contributed by atoms with Crippen molar-refractivity contribution in [3.63, 3.8) is 0 Å². The van der Waals surface area contributed by atoms with Gasteiger partial charge in [0.05, 0.1) is 31.2 Å². The molecule has 19 nitrogen and oxygen atoms in total. The second-order valence-electron chi connectivity index (χ2n) is 12.1. The molecule has 0 spiro atoms. The highest BCUT2D eigenvalue weighted by Crippen LogP contribution is 2.50. The van der Waals surface area contributed by atoms with Crippen LogP contribution in [0.1, 0.15) is 46.6 Å². The van der Waals surface area contributed by atoms with E-state index >= 15 is 4.39 Å². The molecular formula is C28H41FN9O10P. The molecule has 270 valence electrons. The van der Waals surface area contributed by atoms with Gasteiger partial charge in [-0.1, -0.05) is 0 Å². The molecule has 6 N–H and O–H groups in total. The monoisotopic (exact) mass is 713 g/mol. The number of methoxy groups -OCH3 is 1. The van der Waals surface area contributed by atoms with E-state index in [1.165, 1.54) is 36.6 Å². The van der Waals surface area contributed by atoms with Gasteiger partial charge in [0.15, 0.2) is 30.1 Å². The number of fused-ring (bicyclic) bond motifs is 1. The first kappa shape index (κ1) is 36.7. The van der Waals surface area contributed by atoms with E-state index < -0.39 is 74.5 Å². The van der Waals surface area contributed by atoms with Crippen LogP contribution >= 0.6 is 7.82 Å². The zero-order valence-electron chi connectivity index (χ0n) is 27.5. The van der Waals surface area contributed by atoms with Gasteiger partial charge in [-0.2, -0.15) is 4.98 Å². The van der Waals surface area contributed by atoms with Crippen molar-refractivity contribution < 1.29 is 46.6 Å². The molecule has 0 aromatic carbocycles. The first-order valence-corrected chi connectivity index (χ1v) is 17.0. The van der Waals surface area contributed by atoms with Gasteiger partial charge in [-0.3, -0.25) is 23.0 Å². The van der Waals surface area contributed by atoms with Crippen LogP contribution in [0.15, 0.2) is 29.7 Å². The number of nitrogens with two attached hydrogens (primary N) is 2. The Labute approximate surface area is 280 Å². The number of carbonyl (C=O) groups is 1. The molecule has 2 aliphatic heterocycles. The molecule has 5 heterocycles. The minimum atomic E-state index is -4.66. The summed E-state index contributed by atoms with van der Waals surface area (Å²) in [7, 11) is -3.30. The highest BCUT2D eigenvalue weighted by Gasteiger charge is 2.51. The van der Waals surface area contributed by atoms with E-state index in [0.717, 1.165) is 4.57 Å². The van der Waals surface area contributed by atoms with Gasteiger partial charge in [-0.25, -0.2) is 28.7 Å². The van der Waals surface area contributed by atoms with Crippen LogP contribution in [-0.2, 0) is 37.4 Å². The third kappa shape index (κ3) is 8.24. The smallest absolute Gasteiger partial charge is 0.383 e. The fourth-order valence-corrected chi connectivity index (χ4v) is 6.93. The fraction of sp³-hybridized carbons (Fsp3) is 0.643. The van der Waals surface area contributed by atoms with Crippen molar-refractivity contribution in [2.24, 2.45) is 5.92 Å². The van der Waals surface area contributed by atoms with E-state index in [-0.39, 0.29) is 42.8 Å². The minimum absolute atomic E-state index is 0.0356. The molecule has 0 aliphatic carbocycles. The van der Waals surface area contributed by atoms with Gasteiger partial charge < -0.3 is 40.6 Å². The van der Waals surface area contributed by atoms with Crippen LogP contribution in [0.3, 0.4) is 0 Å². The highest BCUT2D eigenvalue weighted by atomic mass is 31.2. The van der Waals surface area contributed by atoms with Crippen LogP contribution in [0.2, 0.25) is 0 Å². The molecule has 9 atom stereocenters. The van der Waals surface area contributed by atoms with Gasteiger partial charge >= 0.3 is 13.5 Å². The van der Waals surface area contributed by atoms with E-state index in [0.29, 0.717) is 5.65 Å². The Morgan fingerprint density at radius 2 is 1.84 bits per heavy atom. The number of phosphoric acid groups is 1. The second kappa shape index (κ2) is 15.1. The number of amides is 1. The molecule has 3 aromatic rings. The number of anilines is 2. The van der Waals surface area contributed by atoms with Crippen molar-refractivity contribution in [3.05, 3.63) is 35.4 Å².